The van der Waals surface area contributed by atoms with Crippen LogP contribution in [0, 0.1) is 0 Å². The van der Waals surface area contributed by atoms with Crippen molar-refractivity contribution in [1.29, 1.82) is 0 Å². The van der Waals surface area contributed by atoms with Crippen molar-refractivity contribution in [3.05, 3.63) is 0 Å². The van der Waals surface area contributed by atoms with Crippen LogP contribution in [0.4, 0.5) is 0 Å². The van der Waals surface area contributed by atoms with Gasteiger partial charge in [0.15, 0.2) is 12.6 Å². The maximum absolute atomic E-state index is 9.87. The second-order valence-electron chi connectivity index (χ2n) is 5.08. The van der Waals surface area contributed by atoms with Gasteiger partial charge in [0.1, 0.15) is 42.7 Å². The van der Waals surface area contributed by atoms with Crippen LogP contribution in [-0.4, -0.2) is 104 Å². The Bertz CT molecular complexity index is 339. The summed E-state index contributed by atoms with van der Waals surface area (Å²) in [4.78, 5) is 0. The monoisotopic (exact) mass is 312 g/mol. The summed E-state index contributed by atoms with van der Waals surface area (Å²) in [6.07, 6.45) is -13.2. The number of rotatable bonds is 3. The predicted octanol–water partition coefficient (Wildman–Crippen LogP) is -4.76. The Labute approximate surface area is 119 Å². The van der Waals surface area contributed by atoms with Gasteiger partial charge >= 0.3 is 0 Å². The molecule has 0 aliphatic carbocycles. The third kappa shape index (κ3) is 3.35. The van der Waals surface area contributed by atoms with E-state index in [9.17, 15) is 35.7 Å². The number of hydrogen-bond acceptors (Lipinski definition) is 10. The minimum absolute atomic E-state index is 0.304. The summed E-state index contributed by atoms with van der Waals surface area (Å²) in [6, 6.07) is 0. The topological polar surface area (TPSA) is 169 Å². The zero-order chi connectivity index (χ0) is 15.7. The van der Waals surface area contributed by atoms with E-state index >= 15 is 0 Å². The van der Waals surface area contributed by atoms with Crippen molar-refractivity contribution in [3.8, 4) is 0 Å². The second kappa shape index (κ2) is 6.79. The lowest BCUT2D eigenvalue weighted by molar-refractivity contribution is -0.342. The molecule has 2 rings (SSSR count). The first kappa shape index (κ1) is 17.0. The molecular weight excluding hydrogens is 292 g/mol. The normalized spacial score (nSPS) is 51.9. The molecule has 0 saturated carbocycles. The standard InChI is InChI=1S/C11H20O10/c12-1-4-9(6(15)7(16)10(18)20-4)21-11-8(17)5(14)3(13)2-19-11/h3-18H,1-2H2/t3-,4-,5+,6-,7-,8-,9-,10?,11?/m1/s1. The zero-order valence-electron chi connectivity index (χ0n) is 11.0. The summed E-state index contributed by atoms with van der Waals surface area (Å²) in [5.74, 6) is 0. The molecule has 0 bridgehead atoms. The van der Waals surface area contributed by atoms with Gasteiger partial charge in [0.2, 0.25) is 0 Å². The first-order valence-electron chi connectivity index (χ1n) is 6.48. The van der Waals surface area contributed by atoms with Crippen LogP contribution in [-0.2, 0) is 14.2 Å². The van der Waals surface area contributed by atoms with E-state index < -0.39 is 61.9 Å². The van der Waals surface area contributed by atoms with Crippen molar-refractivity contribution < 1.29 is 50.0 Å². The molecule has 10 heteroatoms. The molecule has 21 heavy (non-hydrogen) atoms. The Hall–Kier alpha value is -0.400. The molecule has 0 amide bonds. The Balaban J connectivity index is 2.05. The van der Waals surface area contributed by atoms with Gasteiger partial charge in [-0.25, -0.2) is 0 Å². The van der Waals surface area contributed by atoms with Crippen LogP contribution in [0.3, 0.4) is 0 Å². The summed E-state index contributed by atoms with van der Waals surface area (Å²) in [5, 5.41) is 66.5. The SMILES string of the molecule is OC[C@H]1OC(O)[C@H](O)[C@@H](O)[C@@H]1OC1OC[C@@H](O)[C@H](O)[C@H]1O. The summed E-state index contributed by atoms with van der Waals surface area (Å²) < 4.78 is 15.1. The van der Waals surface area contributed by atoms with Gasteiger partial charge in [0.05, 0.1) is 13.2 Å². The molecule has 2 saturated heterocycles. The average Bonchev–Trinajstić information content (AvgIpc) is 2.47. The number of aliphatic hydroxyl groups excluding tert-OH is 7. The molecule has 0 aromatic heterocycles. The molecule has 10 nitrogen and oxygen atoms in total. The maximum atomic E-state index is 9.87. The van der Waals surface area contributed by atoms with E-state index in [0.717, 1.165) is 0 Å². The lowest BCUT2D eigenvalue weighted by atomic mass is 9.98. The van der Waals surface area contributed by atoms with Crippen LogP contribution in [0.1, 0.15) is 0 Å². The number of aliphatic hydroxyl groups is 7. The molecule has 2 aliphatic heterocycles. The Morgan fingerprint density at radius 3 is 2.19 bits per heavy atom. The fourth-order valence-electron chi connectivity index (χ4n) is 2.29. The lowest BCUT2D eigenvalue weighted by Crippen LogP contribution is -2.62. The zero-order valence-corrected chi connectivity index (χ0v) is 11.0. The van der Waals surface area contributed by atoms with Crippen LogP contribution in [0.5, 0.6) is 0 Å². The lowest BCUT2D eigenvalue weighted by Gasteiger charge is -2.43. The van der Waals surface area contributed by atoms with Crippen molar-refractivity contribution in [3.63, 3.8) is 0 Å². The minimum atomic E-state index is -1.69. The summed E-state index contributed by atoms with van der Waals surface area (Å²) >= 11 is 0. The van der Waals surface area contributed by atoms with Crippen LogP contribution in [0.25, 0.3) is 0 Å². The molecule has 0 aromatic rings. The summed E-state index contributed by atoms with van der Waals surface area (Å²) in [7, 11) is 0. The van der Waals surface area contributed by atoms with Gasteiger partial charge in [-0.15, -0.1) is 0 Å². The highest BCUT2D eigenvalue weighted by molar-refractivity contribution is 4.91. The molecule has 0 aromatic carbocycles. The van der Waals surface area contributed by atoms with Crippen LogP contribution in [0.2, 0.25) is 0 Å². The molecule has 2 fully saturated rings. The van der Waals surface area contributed by atoms with Crippen LogP contribution < -0.4 is 0 Å². The van der Waals surface area contributed by atoms with Gasteiger partial charge in [-0.2, -0.15) is 0 Å². The first-order chi connectivity index (χ1) is 9.86. The highest BCUT2D eigenvalue weighted by atomic mass is 16.7. The van der Waals surface area contributed by atoms with Gasteiger partial charge in [0, 0.05) is 0 Å². The molecule has 124 valence electrons. The van der Waals surface area contributed by atoms with E-state index in [1.807, 2.05) is 0 Å². The van der Waals surface area contributed by atoms with E-state index in [2.05, 4.69) is 0 Å². The van der Waals surface area contributed by atoms with E-state index in [-0.39, 0.29) is 6.61 Å². The average molecular weight is 312 g/mol. The van der Waals surface area contributed by atoms with Crippen molar-refractivity contribution in [2.45, 2.75) is 55.3 Å². The minimum Gasteiger partial charge on any atom is -0.394 e. The van der Waals surface area contributed by atoms with Crippen molar-refractivity contribution >= 4 is 0 Å². The van der Waals surface area contributed by atoms with E-state index in [1.165, 1.54) is 0 Å². The Morgan fingerprint density at radius 2 is 1.57 bits per heavy atom. The molecule has 2 heterocycles. The van der Waals surface area contributed by atoms with E-state index in [0.29, 0.717) is 0 Å². The molecule has 9 atom stereocenters. The van der Waals surface area contributed by atoms with E-state index in [1.54, 1.807) is 0 Å². The molecular formula is C11H20O10. The highest BCUT2D eigenvalue weighted by Gasteiger charge is 2.48. The van der Waals surface area contributed by atoms with Crippen LogP contribution in [0.15, 0.2) is 0 Å². The van der Waals surface area contributed by atoms with Crippen molar-refractivity contribution in [1.82, 2.24) is 0 Å². The second-order valence-corrected chi connectivity index (χ2v) is 5.08. The van der Waals surface area contributed by atoms with Gasteiger partial charge in [-0.3, -0.25) is 0 Å². The molecule has 2 unspecified atom stereocenters. The Kier molecular flexibility index (Phi) is 5.48. The van der Waals surface area contributed by atoms with Crippen molar-refractivity contribution in [2.75, 3.05) is 13.2 Å². The van der Waals surface area contributed by atoms with Gasteiger partial charge in [-0.1, -0.05) is 0 Å². The number of ether oxygens (including phenoxy) is 3. The summed E-state index contributed by atoms with van der Waals surface area (Å²) in [5.41, 5.74) is 0. The van der Waals surface area contributed by atoms with Gasteiger partial charge in [0.25, 0.3) is 0 Å². The number of hydrogen-bond donors (Lipinski definition) is 7. The summed E-state index contributed by atoms with van der Waals surface area (Å²) in [6.45, 7) is -0.930. The molecule has 0 spiro atoms. The molecule has 0 radical (unpaired) electrons. The smallest absolute Gasteiger partial charge is 0.186 e. The molecule has 7 N–H and O–H groups in total. The third-order valence-electron chi connectivity index (χ3n) is 3.58. The molecule has 2 aliphatic rings. The van der Waals surface area contributed by atoms with Crippen molar-refractivity contribution in [2.24, 2.45) is 0 Å². The van der Waals surface area contributed by atoms with E-state index in [4.69, 9.17) is 14.2 Å². The largest absolute Gasteiger partial charge is 0.394 e. The third-order valence-corrected chi connectivity index (χ3v) is 3.58. The fraction of sp³-hybridized carbons (Fsp3) is 1.00. The van der Waals surface area contributed by atoms with Crippen LogP contribution >= 0.6 is 0 Å². The maximum Gasteiger partial charge on any atom is 0.186 e. The first-order valence-corrected chi connectivity index (χ1v) is 6.48. The quantitative estimate of drug-likeness (QED) is 0.268. The van der Waals surface area contributed by atoms with Gasteiger partial charge in [-0.05, 0) is 0 Å². The Morgan fingerprint density at radius 1 is 0.905 bits per heavy atom. The predicted molar refractivity (Wildman–Crippen MR) is 62.6 cm³/mol. The van der Waals surface area contributed by atoms with Gasteiger partial charge < -0.3 is 50.0 Å². The fourth-order valence-corrected chi connectivity index (χ4v) is 2.29. The highest BCUT2D eigenvalue weighted by Crippen LogP contribution is 2.26.